The van der Waals surface area contributed by atoms with Gasteiger partial charge in [-0.3, -0.25) is 0 Å². The summed E-state index contributed by atoms with van der Waals surface area (Å²) in [4.78, 5) is 31.4. The fraction of sp³-hybridized carbons (Fsp3) is 0.261. The zero-order valence-corrected chi connectivity index (χ0v) is 18.1. The average molecular weight is 451 g/mol. The van der Waals surface area contributed by atoms with Crippen LogP contribution in [-0.2, 0) is 16.0 Å². The van der Waals surface area contributed by atoms with Crippen molar-refractivity contribution in [1.29, 1.82) is 0 Å². The molecule has 0 saturated carbocycles. The number of benzene rings is 2. The first-order valence-corrected chi connectivity index (χ1v) is 10.5. The highest BCUT2D eigenvalue weighted by atomic mass is 16.6. The van der Waals surface area contributed by atoms with E-state index in [-0.39, 0.29) is 12.6 Å². The fourth-order valence-electron chi connectivity index (χ4n) is 3.42. The number of rotatable bonds is 7. The van der Waals surface area contributed by atoms with Crippen molar-refractivity contribution < 1.29 is 23.8 Å². The van der Waals surface area contributed by atoms with Crippen molar-refractivity contribution >= 4 is 23.5 Å². The number of carbonyl (C=O) groups is 2. The van der Waals surface area contributed by atoms with Gasteiger partial charge in [0.15, 0.2) is 0 Å². The highest BCUT2D eigenvalue weighted by Gasteiger charge is 2.19. The Morgan fingerprint density at radius 3 is 2.76 bits per heavy atom. The molecule has 0 spiro atoms. The first kappa shape index (κ1) is 22.2. The molecule has 3 amide bonds. The van der Waals surface area contributed by atoms with Crippen molar-refractivity contribution in [2.45, 2.75) is 19.1 Å². The lowest BCUT2D eigenvalue weighted by Crippen LogP contribution is -2.28. The van der Waals surface area contributed by atoms with Gasteiger partial charge in [-0.1, -0.05) is 12.1 Å². The molecule has 4 N–H and O–H groups in total. The van der Waals surface area contributed by atoms with E-state index in [1.165, 1.54) is 0 Å². The van der Waals surface area contributed by atoms with Crippen LogP contribution in [0.4, 0.5) is 21.0 Å². The number of hydrogen-bond donors (Lipinski definition) is 4. The van der Waals surface area contributed by atoms with Gasteiger partial charge in [-0.15, -0.1) is 0 Å². The van der Waals surface area contributed by atoms with Crippen molar-refractivity contribution in [2.75, 3.05) is 31.0 Å². The summed E-state index contributed by atoms with van der Waals surface area (Å²) in [6, 6.07) is 12.1. The van der Waals surface area contributed by atoms with Crippen LogP contribution in [0.2, 0.25) is 0 Å². The van der Waals surface area contributed by atoms with Gasteiger partial charge < -0.3 is 35.1 Å². The first-order chi connectivity index (χ1) is 16.1. The van der Waals surface area contributed by atoms with Crippen LogP contribution < -0.4 is 20.7 Å². The van der Waals surface area contributed by atoms with Gasteiger partial charge in [0, 0.05) is 36.0 Å². The van der Waals surface area contributed by atoms with E-state index in [1.54, 1.807) is 50.0 Å². The van der Waals surface area contributed by atoms with Gasteiger partial charge in [0.05, 0.1) is 38.5 Å². The zero-order chi connectivity index (χ0) is 23.0. The molecule has 172 valence electrons. The van der Waals surface area contributed by atoms with Crippen LogP contribution >= 0.6 is 0 Å². The Morgan fingerprint density at radius 2 is 2.03 bits per heavy atom. The van der Waals surface area contributed by atoms with Gasteiger partial charge >= 0.3 is 12.1 Å². The normalized spacial score (nSPS) is 15.0. The number of anilines is 2. The summed E-state index contributed by atoms with van der Waals surface area (Å²) in [5.41, 5.74) is 3.63. The molecule has 10 nitrogen and oxygen atoms in total. The monoisotopic (exact) mass is 451 g/mol. The molecular weight excluding hydrogens is 426 g/mol. The Labute approximate surface area is 190 Å². The Bertz CT molecular complexity index is 1100. The zero-order valence-electron chi connectivity index (χ0n) is 18.1. The molecule has 4 rings (SSSR count). The maximum Gasteiger partial charge on any atom is 0.407 e. The highest BCUT2D eigenvalue weighted by molar-refractivity contribution is 6.00. The number of alkyl carbamates (subject to hydrolysis) is 1. The Balaban J connectivity index is 1.31. The number of ether oxygens (including phenoxy) is 3. The molecule has 1 aliphatic heterocycles. The first-order valence-electron chi connectivity index (χ1n) is 10.5. The predicted octanol–water partition coefficient (Wildman–Crippen LogP) is 3.74. The maximum absolute atomic E-state index is 12.5. The molecule has 3 aromatic rings. The largest absolute Gasteiger partial charge is 0.496 e. The lowest BCUT2D eigenvalue weighted by Gasteiger charge is -2.13. The van der Waals surface area contributed by atoms with E-state index in [0.717, 1.165) is 16.8 Å². The third-order valence-corrected chi connectivity index (χ3v) is 5.03. The van der Waals surface area contributed by atoms with Crippen LogP contribution in [0.3, 0.4) is 0 Å². The van der Waals surface area contributed by atoms with Crippen molar-refractivity contribution in [3.05, 3.63) is 60.6 Å². The Kier molecular flexibility index (Phi) is 7.06. The quantitative estimate of drug-likeness (QED) is 0.433. The number of nitrogens with zero attached hydrogens (tertiary/aromatic N) is 1. The molecule has 1 aromatic heterocycles. The maximum atomic E-state index is 12.5. The molecular formula is C23H25N5O5. The van der Waals surface area contributed by atoms with Gasteiger partial charge in [0.25, 0.3) is 0 Å². The Morgan fingerprint density at radius 1 is 1.18 bits per heavy atom. The van der Waals surface area contributed by atoms with E-state index in [9.17, 15) is 9.59 Å². The van der Waals surface area contributed by atoms with Crippen LogP contribution in [0.25, 0.3) is 11.3 Å². The number of aromatic amines is 1. The molecule has 0 unspecified atom stereocenters. The van der Waals surface area contributed by atoms with E-state index in [4.69, 9.17) is 14.2 Å². The van der Waals surface area contributed by atoms with Gasteiger partial charge in [-0.05, 0) is 29.8 Å². The van der Waals surface area contributed by atoms with Crippen LogP contribution in [0.1, 0.15) is 12.0 Å². The SMILES string of the molecule is COc1cc(NC(=O)Nc2cccc(CNC(=O)O[C@H]3CCOC3)c2)ccc1-c1cnc[nH]1. The summed E-state index contributed by atoms with van der Waals surface area (Å²) in [5.74, 6) is 0.598. The second-order valence-corrected chi connectivity index (χ2v) is 7.40. The summed E-state index contributed by atoms with van der Waals surface area (Å²) in [7, 11) is 1.57. The van der Waals surface area contributed by atoms with E-state index < -0.39 is 12.1 Å². The van der Waals surface area contributed by atoms with Crippen molar-refractivity contribution in [3.63, 3.8) is 0 Å². The number of hydrogen-bond acceptors (Lipinski definition) is 6. The predicted molar refractivity (Wildman–Crippen MR) is 122 cm³/mol. The van der Waals surface area contributed by atoms with E-state index in [1.807, 2.05) is 12.1 Å². The number of urea groups is 1. The second-order valence-electron chi connectivity index (χ2n) is 7.40. The molecule has 1 saturated heterocycles. The summed E-state index contributed by atoms with van der Waals surface area (Å²) in [6.07, 6.45) is 3.30. The minimum Gasteiger partial charge on any atom is -0.496 e. The number of methoxy groups -OCH3 is 1. The summed E-state index contributed by atoms with van der Waals surface area (Å²) < 4.78 is 15.9. The lowest BCUT2D eigenvalue weighted by molar-refractivity contribution is 0.0828. The fourth-order valence-corrected chi connectivity index (χ4v) is 3.42. The van der Waals surface area contributed by atoms with E-state index >= 15 is 0 Å². The third kappa shape index (κ3) is 6.01. The van der Waals surface area contributed by atoms with Gasteiger partial charge in [0.1, 0.15) is 11.9 Å². The van der Waals surface area contributed by atoms with Crippen LogP contribution in [-0.4, -0.2) is 48.5 Å². The van der Waals surface area contributed by atoms with E-state index in [2.05, 4.69) is 25.9 Å². The molecule has 1 fully saturated rings. The number of aromatic nitrogens is 2. The summed E-state index contributed by atoms with van der Waals surface area (Å²) >= 11 is 0. The van der Waals surface area contributed by atoms with Crippen LogP contribution in [0.15, 0.2) is 55.0 Å². The number of H-pyrrole nitrogens is 1. The Hall–Kier alpha value is -4.05. The molecule has 0 bridgehead atoms. The number of amides is 3. The molecule has 2 heterocycles. The van der Waals surface area contributed by atoms with Crippen LogP contribution in [0, 0.1) is 0 Å². The van der Waals surface area contributed by atoms with Gasteiger partial charge in [-0.2, -0.15) is 0 Å². The van der Waals surface area contributed by atoms with Crippen LogP contribution in [0.5, 0.6) is 5.75 Å². The van der Waals surface area contributed by atoms with E-state index in [0.29, 0.717) is 36.8 Å². The molecule has 10 heteroatoms. The molecule has 1 aliphatic rings. The third-order valence-electron chi connectivity index (χ3n) is 5.03. The minimum absolute atomic E-state index is 0.200. The molecule has 33 heavy (non-hydrogen) atoms. The van der Waals surface area contributed by atoms with Crippen molar-refractivity contribution in [1.82, 2.24) is 15.3 Å². The molecule has 2 aromatic carbocycles. The van der Waals surface area contributed by atoms with Gasteiger partial charge in [0.2, 0.25) is 0 Å². The smallest absolute Gasteiger partial charge is 0.407 e. The summed E-state index contributed by atoms with van der Waals surface area (Å²) in [6.45, 7) is 1.31. The average Bonchev–Trinajstić information content (AvgIpc) is 3.52. The lowest BCUT2D eigenvalue weighted by atomic mass is 10.1. The van der Waals surface area contributed by atoms with Gasteiger partial charge in [-0.25, -0.2) is 14.6 Å². The standard InChI is InChI=1S/C23H25N5O5/c1-31-21-10-17(5-6-19(21)20-12-24-14-26-20)28-22(29)27-16-4-2-3-15(9-16)11-25-23(30)33-18-7-8-32-13-18/h2-6,9-10,12,14,18H,7-8,11,13H2,1H3,(H,24,26)(H,25,30)(H2,27,28,29)/t18-/m0/s1. The van der Waals surface area contributed by atoms with Crippen molar-refractivity contribution in [3.8, 4) is 17.0 Å². The van der Waals surface area contributed by atoms with Crippen molar-refractivity contribution in [2.24, 2.45) is 0 Å². The summed E-state index contributed by atoms with van der Waals surface area (Å²) in [5, 5.41) is 8.29. The number of carbonyl (C=O) groups excluding carboxylic acids is 2. The minimum atomic E-state index is -0.492. The second kappa shape index (κ2) is 10.5. The topological polar surface area (TPSA) is 127 Å². The number of nitrogens with one attached hydrogen (secondary N) is 4. The molecule has 1 atom stereocenters. The number of imidazole rings is 1. The molecule has 0 radical (unpaired) electrons. The highest BCUT2D eigenvalue weighted by Crippen LogP contribution is 2.31. The molecule has 0 aliphatic carbocycles.